The lowest BCUT2D eigenvalue weighted by Gasteiger charge is -2.34. The highest BCUT2D eigenvalue weighted by molar-refractivity contribution is 5.79. The first-order valence-corrected chi connectivity index (χ1v) is 7.26. The van der Waals surface area contributed by atoms with E-state index in [2.05, 4.69) is 34.4 Å². The van der Waals surface area contributed by atoms with Gasteiger partial charge in [-0.15, -0.1) is 0 Å². The van der Waals surface area contributed by atoms with Crippen LogP contribution in [0.25, 0.3) is 0 Å². The maximum Gasteiger partial charge on any atom is 0.190 e. The number of guanidine groups is 1. The SMILES string of the molecule is CN=C(NC)NCCCCN1C[C@H](C)C[C@H](C)C1. The van der Waals surface area contributed by atoms with Gasteiger partial charge in [0.15, 0.2) is 5.96 Å². The Balaban J connectivity index is 2.07. The molecule has 1 fully saturated rings. The standard InChI is InChI=1S/C14H30N4/c1-12-9-13(2)11-18(10-12)8-6-5-7-17-14(15-3)16-4/h12-13H,5-11H2,1-4H3,(H2,15,16,17)/t12-,13+. The lowest BCUT2D eigenvalue weighted by molar-refractivity contribution is 0.139. The van der Waals surface area contributed by atoms with Crippen molar-refractivity contribution in [3.05, 3.63) is 0 Å². The second-order valence-electron chi connectivity index (χ2n) is 5.66. The van der Waals surface area contributed by atoms with E-state index in [4.69, 9.17) is 0 Å². The summed E-state index contributed by atoms with van der Waals surface area (Å²) < 4.78 is 0. The lowest BCUT2D eigenvalue weighted by atomic mass is 9.92. The number of likely N-dealkylation sites (tertiary alicyclic amines) is 1. The van der Waals surface area contributed by atoms with Crippen LogP contribution in [0.3, 0.4) is 0 Å². The molecule has 0 amide bonds. The summed E-state index contributed by atoms with van der Waals surface area (Å²) in [6, 6.07) is 0. The Kier molecular flexibility index (Phi) is 7.09. The van der Waals surface area contributed by atoms with Gasteiger partial charge in [0.1, 0.15) is 0 Å². The summed E-state index contributed by atoms with van der Waals surface area (Å²) in [5.41, 5.74) is 0. The van der Waals surface area contributed by atoms with E-state index in [0.29, 0.717) is 0 Å². The van der Waals surface area contributed by atoms with Crippen LogP contribution in [-0.4, -0.2) is 51.1 Å². The fourth-order valence-corrected chi connectivity index (χ4v) is 2.92. The van der Waals surface area contributed by atoms with Crippen LogP contribution in [0.15, 0.2) is 4.99 Å². The molecule has 4 nitrogen and oxygen atoms in total. The Morgan fingerprint density at radius 1 is 1.22 bits per heavy atom. The highest BCUT2D eigenvalue weighted by Crippen LogP contribution is 2.20. The van der Waals surface area contributed by atoms with Crippen molar-refractivity contribution in [1.82, 2.24) is 15.5 Å². The van der Waals surface area contributed by atoms with Gasteiger partial charge in [-0.3, -0.25) is 4.99 Å². The number of hydrogen-bond acceptors (Lipinski definition) is 2. The molecule has 0 unspecified atom stereocenters. The molecular weight excluding hydrogens is 224 g/mol. The van der Waals surface area contributed by atoms with E-state index in [1.807, 2.05) is 7.05 Å². The number of unbranched alkanes of at least 4 members (excludes halogenated alkanes) is 1. The molecule has 2 atom stereocenters. The second kappa shape index (κ2) is 8.35. The van der Waals surface area contributed by atoms with Crippen LogP contribution in [-0.2, 0) is 0 Å². The molecule has 1 aliphatic heterocycles. The van der Waals surface area contributed by atoms with Crippen LogP contribution in [0.2, 0.25) is 0 Å². The summed E-state index contributed by atoms with van der Waals surface area (Å²) in [7, 11) is 3.70. The topological polar surface area (TPSA) is 39.7 Å². The van der Waals surface area contributed by atoms with Gasteiger partial charge in [-0.1, -0.05) is 13.8 Å². The normalized spacial score (nSPS) is 26.1. The quantitative estimate of drug-likeness (QED) is 0.444. The van der Waals surface area contributed by atoms with Crippen LogP contribution < -0.4 is 10.6 Å². The number of aliphatic imine (C=N–C) groups is 1. The van der Waals surface area contributed by atoms with Gasteiger partial charge in [-0.05, 0) is 37.6 Å². The zero-order chi connectivity index (χ0) is 13.4. The summed E-state index contributed by atoms with van der Waals surface area (Å²) in [6.07, 6.45) is 3.88. The molecule has 1 rings (SSSR count). The first-order chi connectivity index (χ1) is 8.65. The lowest BCUT2D eigenvalue weighted by Crippen LogP contribution is -2.39. The Hall–Kier alpha value is -0.770. The largest absolute Gasteiger partial charge is 0.359 e. The van der Waals surface area contributed by atoms with Gasteiger partial charge in [0.2, 0.25) is 0 Å². The van der Waals surface area contributed by atoms with Gasteiger partial charge in [0.25, 0.3) is 0 Å². The van der Waals surface area contributed by atoms with Crippen molar-refractivity contribution in [1.29, 1.82) is 0 Å². The van der Waals surface area contributed by atoms with Gasteiger partial charge in [0.05, 0.1) is 0 Å². The molecule has 1 saturated heterocycles. The summed E-state index contributed by atoms with van der Waals surface area (Å²) >= 11 is 0. The van der Waals surface area contributed by atoms with E-state index in [1.54, 1.807) is 7.05 Å². The minimum Gasteiger partial charge on any atom is -0.359 e. The van der Waals surface area contributed by atoms with Crippen LogP contribution in [0.1, 0.15) is 33.1 Å². The van der Waals surface area contributed by atoms with Crippen molar-refractivity contribution in [3.8, 4) is 0 Å². The molecule has 4 heteroatoms. The molecule has 0 radical (unpaired) electrons. The van der Waals surface area contributed by atoms with E-state index in [1.165, 1.54) is 38.9 Å². The van der Waals surface area contributed by atoms with Crippen molar-refractivity contribution in [2.24, 2.45) is 16.8 Å². The molecule has 0 bridgehead atoms. The summed E-state index contributed by atoms with van der Waals surface area (Å²) in [6.45, 7) is 9.58. The van der Waals surface area contributed by atoms with E-state index in [-0.39, 0.29) is 0 Å². The molecular formula is C14H30N4. The first-order valence-electron chi connectivity index (χ1n) is 7.26. The average Bonchev–Trinajstić information content (AvgIpc) is 2.32. The van der Waals surface area contributed by atoms with Crippen LogP contribution >= 0.6 is 0 Å². The number of rotatable bonds is 5. The molecule has 18 heavy (non-hydrogen) atoms. The Bertz CT molecular complexity index is 242. The van der Waals surface area contributed by atoms with Crippen molar-refractivity contribution in [3.63, 3.8) is 0 Å². The minimum atomic E-state index is 0.870. The van der Waals surface area contributed by atoms with E-state index < -0.39 is 0 Å². The molecule has 0 aromatic carbocycles. The monoisotopic (exact) mass is 254 g/mol. The zero-order valence-corrected chi connectivity index (χ0v) is 12.5. The molecule has 0 saturated carbocycles. The summed E-state index contributed by atoms with van der Waals surface area (Å²) in [5.74, 6) is 2.63. The molecule has 0 aromatic rings. The molecule has 0 aliphatic carbocycles. The molecule has 106 valence electrons. The molecule has 2 N–H and O–H groups in total. The fourth-order valence-electron chi connectivity index (χ4n) is 2.92. The number of piperidine rings is 1. The van der Waals surface area contributed by atoms with Crippen molar-refractivity contribution in [2.45, 2.75) is 33.1 Å². The number of nitrogens with one attached hydrogen (secondary N) is 2. The van der Waals surface area contributed by atoms with Gasteiger partial charge in [-0.2, -0.15) is 0 Å². The predicted octanol–water partition coefficient (Wildman–Crippen LogP) is 1.54. The highest BCUT2D eigenvalue weighted by atomic mass is 15.2. The molecule has 1 aliphatic rings. The maximum absolute atomic E-state index is 4.10. The minimum absolute atomic E-state index is 0.870. The Labute approximate surface area is 112 Å². The molecule has 1 heterocycles. The van der Waals surface area contributed by atoms with Gasteiger partial charge in [0, 0.05) is 33.7 Å². The zero-order valence-electron chi connectivity index (χ0n) is 12.5. The molecule has 0 spiro atoms. The average molecular weight is 254 g/mol. The van der Waals surface area contributed by atoms with Crippen LogP contribution in [0.4, 0.5) is 0 Å². The third-order valence-electron chi connectivity index (χ3n) is 3.60. The number of hydrogen-bond donors (Lipinski definition) is 2. The van der Waals surface area contributed by atoms with Crippen LogP contribution in [0.5, 0.6) is 0 Å². The van der Waals surface area contributed by atoms with Crippen molar-refractivity contribution >= 4 is 5.96 Å². The summed E-state index contributed by atoms with van der Waals surface area (Å²) in [5, 5.41) is 6.33. The van der Waals surface area contributed by atoms with Gasteiger partial charge >= 0.3 is 0 Å². The Morgan fingerprint density at radius 2 is 1.89 bits per heavy atom. The Morgan fingerprint density at radius 3 is 2.44 bits per heavy atom. The van der Waals surface area contributed by atoms with Crippen LogP contribution in [0, 0.1) is 11.8 Å². The number of nitrogens with zero attached hydrogens (tertiary/aromatic N) is 2. The van der Waals surface area contributed by atoms with E-state index in [0.717, 1.165) is 24.3 Å². The van der Waals surface area contributed by atoms with Crippen molar-refractivity contribution in [2.75, 3.05) is 40.3 Å². The second-order valence-corrected chi connectivity index (χ2v) is 5.66. The van der Waals surface area contributed by atoms with Gasteiger partial charge < -0.3 is 15.5 Å². The van der Waals surface area contributed by atoms with E-state index >= 15 is 0 Å². The summed E-state index contributed by atoms with van der Waals surface area (Å²) in [4.78, 5) is 6.73. The van der Waals surface area contributed by atoms with E-state index in [9.17, 15) is 0 Å². The van der Waals surface area contributed by atoms with Gasteiger partial charge in [-0.25, -0.2) is 0 Å². The smallest absolute Gasteiger partial charge is 0.190 e. The first kappa shape index (κ1) is 15.3. The third-order valence-corrected chi connectivity index (χ3v) is 3.60. The predicted molar refractivity (Wildman–Crippen MR) is 79.0 cm³/mol. The third kappa shape index (κ3) is 5.71. The van der Waals surface area contributed by atoms with Crippen molar-refractivity contribution < 1.29 is 0 Å². The maximum atomic E-state index is 4.10. The fraction of sp³-hybridized carbons (Fsp3) is 0.929. The highest BCUT2D eigenvalue weighted by Gasteiger charge is 2.20. The molecule has 0 aromatic heterocycles.